The van der Waals surface area contributed by atoms with E-state index in [-0.39, 0.29) is 24.8 Å². The van der Waals surface area contributed by atoms with Crippen LogP contribution in [0.5, 0.6) is 0 Å². The van der Waals surface area contributed by atoms with Gasteiger partial charge in [-0.3, -0.25) is 9.59 Å². The van der Waals surface area contributed by atoms with Crippen molar-refractivity contribution in [3.63, 3.8) is 0 Å². The molecule has 0 saturated heterocycles. The Labute approximate surface area is 154 Å². The molecule has 5 nitrogen and oxygen atoms in total. The summed E-state index contributed by atoms with van der Waals surface area (Å²) in [4.78, 5) is 28.1. The quantitative estimate of drug-likeness (QED) is 0.542. The van der Waals surface area contributed by atoms with E-state index in [0.717, 1.165) is 0 Å². The zero-order chi connectivity index (χ0) is 18.4. The van der Waals surface area contributed by atoms with E-state index in [0.29, 0.717) is 22.9 Å². The standard InChI is InChI=1S/C17H25NO4S2/c1-16(2,21-14(19)8-10-23)12-6-5-7-13(18-12)17(3,4)22-15(20)9-11-24/h5-7,23-24H,8-11H2,1-4H3. The molecule has 0 aliphatic rings. The van der Waals surface area contributed by atoms with Crippen molar-refractivity contribution >= 4 is 37.2 Å². The number of ether oxygens (including phenoxy) is 2. The molecule has 1 aromatic rings. The van der Waals surface area contributed by atoms with Crippen molar-refractivity contribution in [1.82, 2.24) is 4.98 Å². The van der Waals surface area contributed by atoms with E-state index in [1.54, 1.807) is 45.9 Å². The first-order chi connectivity index (χ1) is 11.1. The van der Waals surface area contributed by atoms with Crippen molar-refractivity contribution in [2.24, 2.45) is 0 Å². The molecule has 0 aliphatic heterocycles. The average Bonchev–Trinajstić information content (AvgIpc) is 2.46. The Bertz CT molecular complexity index is 540. The predicted octanol–water partition coefficient (Wildman–Crippen LogP) is 3.28. The van der Waals surface area contributed by atoms with Crippen LogP contribution in [0.15, 0.2) is 18.2 Å². The summed E-state index contributed by atoms with van der Waals surface area (Å²) in [7, 11) is 0. The molecule has 0 spiro atoms. The SMILES string of the molecule is CC(C)(OC(=O)CCS)c1cccc(C(C)(C)OC(=O)CCS)n1. The molecule has 0 unspecified atom stereocenters. The van der Waals surface area contributed by atoms with E-state index in [4.69, 9.17) is 9.47 Å². The molecule has 7 heteroatoms. The molecule has 0 N–H and O–H groups in total. The van der Waals surface area contributed by atoms with Gasteiger partial charge in [0.2, 0.25) is 0 Å². The van der Waals surface area contributed by atoms with Crippen molar-refractivity contribution in [2.75, 3.05) is 11.5 Å². The summed E-state index contributed by atoms with van der Waals surface area (Å²) < 4.78 is 11.0. The Hall–Kier alpha value is -1.21. The molecular formula is C17H25NO4S2. The van der Waals surface area contributed by atoms with E-state index in [9.17, 15) is 9.59 Å². The number of hydrogen-bond acceptors (Lipinski definition) is 7. The van der Waals surface area contributed by atoms with Gasteiger partial charge in [-0.2, -0.15) is 25.3 Å². The van der Waals surface area contributed by atoms with Gasteiger partial charge in [-0.25, -0.2) is 4.98 Å². The Morgan fingerprint density at radius 3 is 1.62 bits per heavy atom. The van der Waals surface area contributed by atoms with E-state index in [1.165, 1.54) is 0 Å². The van der Waals surface area contributed by atoms with Crippen molar-refractivity contribution in [3.05, 3.63) is 29.6 Å². The number of rotatable bonds is 8. The van der Waals surface area contributed by atoms with Gasteiger partial charge < -0.3 is 9.47 Å². The van der Waals surface area contributed by atoms with Gasteiger partial charge in [0.25, 0.3) is 0 Å². The lowest BCUT2D eigenvalue weighted by Crippen LogP contribution is -2.30. The molecule has 0 atom stereocenters. The third-order valence-corrected chi connectivity index (χ3v) is 3.80. The molecule has 0 aromatic carbocycles. The number of pyridine rings is 1. The Morgan fingerprint density at radius 1 is 0.917 bits per heavy atom. The molecule has 0 bridgehead atoms. The molecule has 0 amide bonds. The summed E-state index contributed by atoms with van der Waals surface area (Å²) >= 11 is 8.06. The van der Waals surface area contributed by atoms with Crippen LogP contribution in [0.2, 0.25) is 0 Å². The van der Waals surface area contributed by atoms with Gasteiger partial charge in [0, 0.05) is 11.5 Å². The number of thiol groups is 2. The van der Waals surface area contributed by atoms with Gasteiger partial charge in [0.1, 0.15) is 11.2 Å². The number of hydrogen-bond donors (Lipinski definition) is 2. The number of esters is 2. The molecule has 1 aromatic heterocycles. The van der Waals surface area contributed by atoms with Gasteiger partial charge in [0.05, 0.1) is 24.2 Å². The molecule has 1 rings (SSSR count). The van der Waals surface area contributed by atoms with Gasteiger partial charge in [-0.15, -0.1) is 0 Å². The van der Waals surface area contributed by atoms with Crippen molar-refractivity contribution in [3.8, 4) is 0 Å². The first kappa shape index (κ1) is 20.8. The maximum atomic E-state index is 11.8. The summed E-state index contributed by atoms with van der Waals surface area (Å²) in [6.07, 6.45) is 0.470. The average molecular weight is 372 g/mol. The van der Waals surface area contributed by atoms with E-state index >= 15 is 0 Å². The summed E-state index contributed by atoms with van der Waals surface area (Å²) in [5.74, 6) is 0.191. The van der Waals surface area contributed by atoms with Crippen LogP contribution < -0.4 is 0 Å². The lowest BCUT2D eigenvalue weighted by molar-refractivity contribution is -0.157. The molecular weight excluding hydrogens is 346 g/mol. The van der Waals surface area contributed by atoms with Crippen LogP contribution in [0.4, 0.5) is 0 Å². The van der Waals surface area contributed by atoms with E-state index in [1.807, 2.05) is 0 Å². The minimum absolute atomic E-state index is 0.235. The fraction of sp³-hybridized carbons (Fsp3) is 0.588. The maximum absolute atomic E-state index is 11.8. The van der Waals surface area contributed by atoms with Crippen LogP contribution >= 0.6 is 25.3 Å². The Morgan fingerprint density at radius 2 is 1.29 bits per heavy atom. The highest BCUT2D eigenvalue weighted by Gasteiger charge is 2.31. The topological polar surface area (TPSA) is 65.5 Å². The highest BCUT2D eigenvalue weighted by Crippen LogP contribution is 2.28. The number of carbonyl (C=O) groups is 2. The Kier molecular flexibility index (Phi) is 7.60. The fourth-order valence-corrected chi connectivity index (χ4v) is 2.43. The van der Waals surface area contributed by atoms with Gasteiger partial charge in [-0.1, -0.05) is 6.07 Å². The smallest absolute Gasteiger partial charge is 0.307 e. The molecule has 0 radical (unpaired) electrons. The van der Waals surface area contributed by atoms with Crippen molar-refractivity contribution in [1.29, 1.82) is 0 Å². The van der Waals surface area contributed by atoms with Crippen LogP contribution in [-0.2, 0) is 30.3 Å². The summed E-state index contributed by atoms with van der Waals surface area (Å²) in [5.41, 5.74) is -0.598. The second-order valence-electron chi connectivity index (χ2n) is 6.32. The lowest BCUT2D eigenvalue weighted by atomic mass is 9.99. The van der Waals surface area contributed by atoms with Crippen LogP contribution in [0.3, 0.4) is 0 Å². The maximum Gasteiger partial charge on any atom is 0.307 e. The van der Waals surface area contributed by atoms with Crippen LogP contribution in [0.25, 0.3) is 0 Å². The molecule has 1 heterocycles. The summed E-state index contributed by atoms with van der Waals surface area (Å²) in [6.45, 7) is 7.09. The van der Waals surface area contributed by atoms with Crippen LogP contribution in [0.1, 0.15) is 51.9 Å². The van der Waals surface area contributed by atoms with Crippen molar-refractivity contribution < 1.29 is 19.1 Å². The van der Waals surface area contributed by atoms with Crippen molar-refractivity contribution in [2.45, 2.75) is 51.7 Å². The third kappa shape index (κ3) is 6.02. The summed E-state index contributed by atoms with van der Waals surface area (Å²) in [5, 5.41) is 0. The number of carbonyl (C=O) groups excluding carboxylic acids is 2. The largest absolute Gasteiger partial charge is 0.453 e. The van der Waals surface area contributed by atoms with Gasteiger partial charge in [-0.05, 0) is 39.8 Å². The molecule has 0 aliphatic carbocycles. The van der Waals surface area contributed by atoms with Gasteiger partial charge in [0.15, 0.2) is 0 Å². The monoisotopic (exact) mass is 371 g/mol. The molecule has 24 heavy (non-hydrogen) atoms. The fourth-order valence-electron chi connectivity index (χ4n) is 2.06. The first-order valence-electron chi connectivity index (χ1n) is 7.76. The second-order valence-corrected chi connectivity index (χ2v) is 7.22. The molecule has 0 fully saturated rings. The minimum atomic E-state index is -0.888. The predicted molar refractivity (Wildman–Crippen MR) is 99.4 cm³/mol. The molecule has 134 valence electrons. The highest BCUT2D eigenvalue weighted by molar-refractivity contribution is 7.80. The zero-order valence-corrected chi connectivity index (χ0v) is 16.3. The Balaban J connectivity index is 3.00. The third-order valence-electron chi connectivity index (χ3n) is 3.35. The number of nitrogens with zero attached hydrogens (tertiary/aromatic N) is 1. The van der Waals surface area contributed by atoms with Crippen LogP contribution in [0, 0.1) is 0 Å². The first-order valence-corrected chi connectivity index (χ1v) is 9.02. The lowest BCUT2D eigenvalue weighted by Gasteiger charge is -2.28. The van der Waals surface area contributed by atoms with Crippen LogP contribution in [-0.4, -0.2) is 28.4 Å². The summed E-state index contributed by atoms with van der Waals surface area (Å²) in [6, 6.07) is 5.37. The minimum Gasteiger partial charge on any atom is -0.453 e. The van der Waals surface area contributed by atoms with E-state index in [2.05, 4.69) is 30.2 Å². The molecule has 0 saturated carbocycles. The zero-order valence-electron chi connectivity index (χ0n) is 14.5. The number of aromatic nitrogens is 1. The van der Waals surface area contributed by atoms with Gasteiger partial charge >= 0.3 is 11.9 Å². The second kappa shape index (κ2) is 8.76. The van der Waals surface area contributed by atoms with E-state index < -0.39 is 11.2 Å². The highest BCUT2D eigenvalue weighted by atomic mass is 32.1. The normalized spacial score (nSPS) is 11.9.